The van der Waals surface area contributed by atoms with Crippen molar-refractivity contribution in [2.45, 2.75) is 32.9 Å². The summed E-state index contributed by atoms with van der Waals surface area (Å²) in [5, 5.41) is 2.78. The van der Waals surface area contributed by atoms with Gasteiger partial charge in [0, 0.05) is 19.2 Å². The van der Waals surface area contributed by atoms with Crippen LogP contribution in [0.3, 0.4) is 0 Å². The second kappa shape index (κ2) is 6.40. The summed E-state index contributed by atoms with van der Waals surface area (Å²) in [5.74, 6) is 0.658. The molecular formula is C14H21NO3. The molecule has 0 atom stereocenters. The zero-order valence-electron chi connectivity index (χ0n) is 11.4. The SMILES string of the molecule is COCC(=O)NCc1ccccc1OC(C)(C)C. The Morgan fingerprint density at radius 3 is 2.56 bits per heavy atom. The second-order valence-electron chi connectivity index (χ2n) is 5.03. The van der Waals surface area contributed by atoms with Crippen molar-refractivity contribution in [1.29, 1.82) is 0 Å². The van der Waals surface area contributed by atoms with Crippen molar-refractivity contribution in [3.63, 3.8) is 0 Å². The van der Waals surface area contributed by atoms with E-state index in [0.717, 1.165) is 11.3 Å². The fourth-order valence-electron chi connectivity index (χ4n) is 1.46. The highest BCUT2D eigenvalue weighted by molar-refractivity contribution is 5.77. The monoisotopic (exact) mass is 251 g/mol. The summed E-state index contributed by atoms with van der Waals surface area (Å²) in [5.41, 5.74) is 0.698. The van der Waals surface area contributed by atoms with Crippen molar-refractivity contribution < 1.29 is 14.3 Å². The molecule has 1 aromatic carbocycles. The van der Waals surface area contributed by atoms with Gasteiger partial charge < -0.3 is 14.8 Å². The van der Waals surface area contributed by atoms with Crippen molar-refractivity contribution in [2.24, 2.45) is 0 Å². The molecule has 1 aromatic rings. The number of nitrogens with one attached hydrogen (secondary N) is 1. The van der Waals surface area contributed by atoms with Crippen molar-refractivity contribution >= 4 is 5.91 Å². The molecule has 4 nitrogen and oxygen atoms in total. The van der Waals surface area contributed by atoms with Crippen molar-refractivity contribution in [3.05, 3.63) is 29.8 Å². The smallest absolute Gasteiger partial charge is 0.246 e. The number of amides is 1. The highest BCUT2D eigenvalue weighted by atomic mass is 16.5. The topological polar surface area (TPSA) is 47.6 Å². The number of benzene rings is 1. The maximum atomic E-state index is 11.3. The van der Waals surface area contributed by atoms with Gasteiger partial charge in [0.2, 0.25) is 5.91 Å². The molecule has 0 aromatic heterocycles. The van der Waals surface area contributed by atoms with Gasteiger partial charge >= 0.3 is 0 Å². The summed E-state index contributed by atoms with van der Waals surface area (Å²) < 4.78 is 10.6. The predicted octanol–water partition coefficient (Wildman–Crippen LogP) is 2.13. The first-order chi connectivity index (χ1) is 8.42. The molecule has 0 saturated carbocycles. The molecule has 0 bridgehead atoms. The van der Waals surface area contributed by atoms with Crippen LogP contribution in [0.5, 0.6) is 5.75 Å². The summed E-state index contributed by atoms with van der Waals surface area (Å²) in [6.07, 6.45) is 0. The van der Waals surface area contributed by atoms with Crippen LogP contribution in [0.1, 0.15) is 26.3 Å². The first-order valence-corrected chi connectivity index (χ1v) is 5.95. The highest BCUT2D eigenvalue weighted by Crippen LogP contribution is 2.22. The molecule has 1 amide bonds. The fraction of sp³-hybridized carbons (Fsp3) is 0.500. The number of carbonyl (C=O) groups excluding carboxylic acids is 1. The molecule has 100 valence electrons. The standard InChI is InChI=1S/C14H21NO3/c1-14(2,3)18-12-8-6-5-7-11(12)9-15-13(16)10-17-4/h5-8H,9-10H2,1-4H3,(H,15,16). The van der Waals surface area contributed by atoms with E-state index in [9.17, 15) is 4.79 Å². The molecule has 0 saturated heterocycles. The van der Waals surface area contributed by atoms with Gasteiger partial charge in [0.25, 0.3) is 0 Å². The minimum absolute atomic E-state index is 0.0717. The van der Waals surface area contributed by atoms with Gasteiger partial charge in [0.05, 0.1) is 0 Å². The van der Waals surface area contributed by atoms with Crippen LogP contribution in [0.4, 0.5) is 0 Å². The minimum atomic E-state index is -0.257. The third-order valence-corrected chi connectivity index (χ3v) is 2.14. The minimum Gasteiger partial charge on any atom is -0.488 e. The zero-order valence-corrected chi connectivity index (χ0v) is 11.4. The molecule has 1 rings (SSSR count). The Morgan fingerprint density at radius 1 is 1.28 bits per heavy atom. The summed E-state index contributed by atoms with van der Waals surface area (Å²) in [4.78, 5) is 11.3. The molecular weight excluding hydrogens is 230 g/mol. The Bertz CT molecular complexity index is 396. The van der Waals surface area contributed by atoms with Gasteiger partial charge in [-0.15, -0.1) is 0 Å². The lowest BCUT2D eigenvalue weighted by molar-refractivity contribution is -0.124. The maximum Gasteiger partial charge on any atom is 0.246 e. The fourth-order valence-corrected chi connectivity index (χ4v) is 1.46. The molecule has 0 heterocycles. The zero-order chi connectivity index (χ0) is 13.6. The van der Waals surface area contributed by atoms with E-state index in [-0.39, 0.29) is 18.1 Å². The molecule has 0 radical (unpaired) electrons. The van der Waals surface area contributed by atoms with E-state index in [4.69, 9.17) is 9.47 Å². The van der Waals surface area contributed by atoms with Gasteiger partial charge in [-0.1, -0.05) is 18.2 Å². The number of rotatable bonds is 5. The lowest BCUT2D eigenvalue weighted by Crippen LogP contribution is -2.28. The van der Waals surface area contributed by atoms with Gasteiger partial charge in [0.15, 0.2) is 0 Å². The van der Waals surface area contributed by atoms with Crippen LogP contribution < -0.4 is 10.1 Å². The molecule has 0 aliphatic rings. The van der Waals surface area contributed by atoms with Crippen LogP contribution in [0.25, 0.3) is 0 Å². The first kappa shape index (κ1) is 14.5. The van der Waals surface area contributed by atoms with Crippen LogP contribution in [0.2, 0.25) is 0 Å². The van der Waals surface area contributed by atoms with E-state index in [1.165, 1.54) is 7.11 Å². The molecule has 0 aliphatic heterocycles. The lowest BCUT2D eigenvalue weighted by atomic mass is 10.1. The molecule has 0 spiro atoms. The van der Waals surface area contributed by atoms with E-state index in [2.05, 4.69) is 5.32 Å². The molecule has 4 heteroatoms. The third-order valence-electron chi connectivity index (χ3n) is 2.14. The second-order valence-corrected chi connectivity index (χ2v) is 5.03. The number of para-hydroxylation sites is 1. The Labute approximate surface area is 108 Å². The van der Waals surface area contributed by atoms with E-state index in [1.54, 1.807) is 0 Å². The summed E-state index contributed by atoms with van der Waals surface area (Å²) in [7, 11) is 1.50. The van der Waals surface area contributed by atoms with E-state index in [0.29, 0.717) is 6.54 Å². The number of ether oxygens (including phenoxy) is 2. The first-order valence-electron chi connectivity index (χ1n) is 5.95. The van der Waals surface area contributed by atoms with Gasteiger partial charge in [-0.3, -0.25) is 4.79 Å². The normalized spacial score (nSPS) is 11.1. The molecule has 18 heavy (non-hydrogen) atoms. The van der Waals surface area contributed by atoms with Crippen molar-refractivity contribution in [3.8, 4) is 5.75 Å². The average Bonchev–Trinajstić information content (AvgIpc) is 2.26. The Balaban J connectivity index is 2.67. The predicted molar refractivity (Wildman–Crippen MR) is 70.5 cm³/mol. The van der Waals surface area contributed by atoms with Crippen LogP contribution in [-0.4, -0.2) is 25.2 Å². The van der Waals surface area contributed by atoms with E-state index >= 15 is 0 Å². The summed E-state index contributed by atoms with van der Waals surface area (Å²) >= 11 is 0. The quantitative estimate of drug-likeness (QED) is 0.872. The van der Waals surface area contributed by atoms with Gasteiger partial charge in [-0.25, -0.2) is 0 Å². The maximum absolute atomic E-state index is 11.3. The van der Waals surface area contributed by atoms with Crippen LogP contribution in [-0.2, 0) is 16.1 Å². The Kier molecular flexibility index (Phi) is 5.16. The molecule has 0 fully saturated rings. The van der Waals surface area contributed by atoms with Gasteiger partial charge in [0.1, 0.15) is 18.0 Å². The number of hydrogen-bond donors (Lipinski definition) is 1. The van der Waals surface area contributed by atoms with Crippen molar-refractivity contribution in [2.75, 3.05) is 13.7 Å². The number of hydrogen-bond acceptors (Lipinski definition) is 3. The number of carbonyl (C=O) groups is 1. The van der Waals surface area contributed by atoms with Gasteiger partial charge in [-0.2, -0.15) is 0 Å². The van der Waals surface area contributed by atoms with Crippen LogP contribution >= 0.6 is 0 Å². The lowest BCUT2D eigenvalue weighted by Gasteiger charge is -2.23. The largest absolute Gasteiger partial charge is 0.488 e. The van der Waals surface area contributed by atoms with Crippen LogP contribution in [0.15, 0.2) is 24.3 Å². The van der Waals surface area contributed by atoms with E-state index < -0.39 is 0 Å². The average molecular weight is 251 g/mol. The summed E-state index contributed by atoms with van der Waals surface area (Å²) in [6, 6.07) is 7.69. The molecule has 0 aliphatic carbocycles. The Morgan fingerprint density at radius 2 is 1.94 bits per heavy atom. The molecule has 1 N–H and O–H groups in total. The highest BCUT2D eigenvalue weighted by Gasteiger charge is 2.14. The van der Waals surface area contributed by atoms with Gasteiger partial charge in [-0.05, 0) is 26.8 Å². The molecule has 0 unspecified atom stereocenters. The Hall–Kier alpha value is -1.55. The number of methoxy groups -OCH3 is 1. The third kappa shape index (κ3) is 5.19. The van der Waals surface area contributed by atoms with E-state index in [1.807, 2.05) is 45.0 Å². The summed E-state index contributed by atoms with van der Waals surface area (Å²) in [6.45, 7) is 6.49. The van der Waals surface area contributed by atoms with Crippen LogP contribution in [0, 0.1) is 0 Å². The van der Waals surface area contributed by atoms with Crippen molar-refractivity contribution in [1.82, 2.24) is 5.32 Å².